The summed E-state index contributed by atoms with van der Waals surface area (Å²) in [5, 5.41) is 3.15. The highest BCUT2D eigenvalue weighted by atomic mass is 16.5. The number of hydrogen-bond donors (Lipinski definition) is 1. The van der Waals surface area contributed by atoms with E-state index in [9.17, 15) is 4.79 Å². The number of carbonyl (C=O) groups is 1. The summed E-state index contributed by atoms with van der Waals surface area (Å²) >= 11 is 0. The number of nitrogens with one attached hydrogen (secondary N) is 1. The maximum atomic E-state index is 10.7. The monoisotopic (exact) mass is 174 g/mol. The Morgan fingerprint density at radius 2 is 2.17 bits per heavy atom. The molecule has 0 saturated carbocycles. The van der Waals surface area contributed by atoms with E-state index in [-0.39, 0.29) is 5.91 Å². The van der Waals surface area contributed by atoms with Gasteiger partial charge < -0.3 is 15.0 Å². The van der Waals surface area contributed by atoms with Gasteiger partial charge in [0.15, 0.2) is 0 Å². The lowest BCUT2D eigenvalue weighted by atomic mass is 10.5. The van der Waals surface area contributed by atoms with E-state index in [2.05, 4.69) is 5.32 Å². The molecule has 0 bridgehead atoms. The van der Waals surface area contributed by atoms with Crippen LogP contribution in [-0.2, 0) is 9.53 Å². The van der Waals surface area contributed by atoms with Crippen LogP contribution in [0.15, 0.2) is 0 Å². The van der Waals surface area contributed by atoms with Crippen molar-refractivity contribution in [2.24, 2.45) is 0 Å². The zero-order valence-electron chi connectivity index (χ0n) is 8.09. The summed E-state index contributed by atoms with van der Waals surface area (Å²) in [5.41, 5.74) is 0. The van der Waals surface area contributed by atoms with Gasteiger partial charge in [0.1, 0.15) is 0 Å². The van der Waals surface area contributed by atoms with Gasteiger partial charge in [-0.25, -0.2) is 0 Å². The second-order valence-corrected chi connectivity index (χ2v) is 2.68. The van der Waals surface area contributed by atoms with Crippen LogP contribution in [-0.4, -0.2) is 51.2 Å². The van der Waals surface area contributed by atoms with Gasteiger partial charge in [-0.15, -0.1) is 0 Å². The van der Waals surface area contributed by atoms with Crippen molar-refractivity contribution in [3.8, 4) is 0 Å². The first-order valence-corrected chi connectivity index (χ1v) is 4.10. The van der Waals surface area contributed by atoms with Crippen molar-refractivity contribution in [1.82, 2.24) is 10.2 Å². The third kappa shape index (κ3) is 6.12. The van der Waals surface area contributed by atoms with Gasteiger partial charge in [-0.05, 0) is 0 Å². The summed E-state index contributed by atoms with van der Waals surface area (Å²) < 4.78 is 4.85. The van der Waals surface area contributed by atoms with E-state index in [1.165, 1.54) is 0 Å². The number of amides is 1. The van der Waals surface area contributed by atoms with Crippen LogP contribution in [0, 0.1) is 0 Å². The van der Waals surface area contributed by atoms with Crippen LogP contribution < -0.4 is 5.32 Å². The van der Waals surface area contributed by atoms with E-state index in [1.807, 2.05) is 0 Å². The predicted octanol–water partition coefficient (Wildman–Crippen LogP) is -0.299. The van der Waals surface area contributed by atoms with Gasteiger partial charge in [-0.3, -0.25) is 4.79 Å². The molecule has 0 aromatic carbocycles. The molecule has 72 valence electrons. The van der Waals surface area contributed by atoms with Crippen molar-refractivity contribution in [1.29, 1.82) is 0 Å². The lowest BCUT2D eigenvalue weighted by Crippen LogP contribution is -2.33. The Hall–Kier alpha value is -0.610. The smallest absolute Gasteiger partial charge is 0.219 e. The van der Waals surface area contributed by atoms with Gasteiger partial charge in [0.05, 0.1) is 6.61 Å². The molecule has 1 N–H and O–H groups in total. The van der Waals surface area contributed by atoms with Gasteiger partial charge in [-0.2, -0.15) is 0 Å². The summed E-state index contributed by atoms with van der Waals surface area (Å²) in [7, 11) is 3.46. The zero-order valence-corrected chi connectivity index (χ0v) is 8.09. The van der Waals surface area contributed by atoms with E-state index in [4.69, 9.17) is 4.74 Å². The molecule has 0 saturated heterocycles. The molecule has 0 atom stereocenters. The number of hydrogen-bond acceptors (Lipinski definition) is 3. The van der Waals surface area contributed by atoms with E-state index < -0.39 is 0 Å². The maximum absolute atomic E-state index is 10.7. The Labute approximate surface area is 73.9 Å². The Bertz CT molecular complexity index is 128. The third-order valence-corrected chi connectivity index (χ3v) is 1.64. The number of rotatable bonds is 6. The van der Waals surface area contributed by atoms with E-state index in [0.717, 1.165) is 19.6 Å². The van der Waals surface area contributed by atoms with E-state index in [0.29, 0.717) is 6.61 Å². The number of methoxy groups -OCH3 is 1. The minimum Gasteiger partial charge on any atom is -0.383 e. The van der Waals surface area contributed by atoms with E-state index in [1.54, 1.807) is 26.0 Å². The predicted molar refractivity (Wildman–Crippen MR) is 48.1 cm³/mol. The van der Waals surface area contributed by atoms with Gasteiger partial charge in [-0.1, -0.05) is 0 Å². The molecule has 0 unspecified atom stereocenters. The molecule has 4 nitrogen and oxygen atoms in total. The molecule has 12 heavy (non-hydrogen) atoms. The fourth-order valence-corrected chi connectivity index (χ4v) is 0.703. The van der Waals surface area contributed by atoms with Crippen LogP contribution in [0.2, 0.25) is 0 Å². The summed E-state index contributed by atoms with van der Waals surface area (Å²) in [6, 6.07) is 0. The average molecular weight is 174 g/mol. The molecule has 1 amide bonds. The van der Waals surface area contributed by atoms with Crippen molar-refractivity contribution in [3.63, 3.8) is 0 Å². The summed E-state index contributed by atoms with van der Waals surface area (Å²) in [5.74, 6) is 0.101. The highest BCUT2D eigenvalue weighted by molar-refractivity contribution is 5.72. The molecule has 0 aliphatic carbocycles. The Morgan fingerprint density at radius 3 is 2.67 bits per heavy atom. The molecule has 0 radical (unpaired) electrons. The maximum Gasteiger partial charge on any atom is 0.219 e. The average Bonchev–Trinajstić information content (AvgIpc) is 2.03. The van der Waals surface area contributed by atoms with Gasteiger partial charge in [0.25, 0.3) is 0 Å². The van der Waals surface area contributed by atoms with Crippen LogP contribution >= 0.6 is 0 Å². The van der Waals surface area contributed by atoms with Crippen LogP contribution in [0.3, 0.4) is 0 Å². The first-order valence-electron chi connectivity index (χ1n) is 4.10. The summed E-state index contributed by atoms with van der Waals surface area (Å²) in [4.78, 5) is 12.4. The third-order valence-electron chi connectivity index (χ3n) is 1.64. The molecular formula is C8H18N2O2. The van der Waals surface area contributed by atoms with Crippen LogP contribution in [0.1, 0.15) is 6.92 Å². The van der Waals surface area contributed by atoms with Crippen LogP contribution in [0.25, 0.3) is 0 Å². The largest absolute Gasteiger partial charge is 0.383 e. The lowest BCUT2D eigenvalue weighted by molar-refractivity contribution is -0.127. The number of nitrogens with zero attached hydrogens (tertiary/aromatic N) is 1. The molecule has 0 aliphatic rings. The zero-order chi connectivity index (χ0) is 9.40. The highest BCUT2D eigenvalue weighted by Gasteiger charge is 1.99. The number of ether oxygens (including phenoxy) is 1. The minimum absolute atomic E-state index is 0.101. The Balaban J connectivity index is 3.14. The first kappa shape index (κ1) is 11.4. The molecule has 0 heterocycles. The first-order chi connectivity index (χ1) is 5.68. The minimum atomic E-state index is 0.101. The van der Waals surface area contributed by atoms with Crippen molar-refractivity contribution in [2.45, 2.75) is 6.92 Å². The normalized spacial score (nSPS) is 9.92. The van der Waals surface area contributed by atoms with Gasteiger partial charge >= 0.3 is 0 Å². The van der Waals surface area contributed by atoms with Crippen molar-refractivity contribution in [3.05, 3.63) is 0 Å². The summed E-state index contributed by atoms with van der Waals surface area (Å²) in [6.07, 6.45) is 0. The molecule has 0 fully saturated rings. The molecule has 4 heteroatoms. The van der Waals surface area contributed by atoms with Crippen LogP contribution in [0.5, 0.6) is 0 Å². The SMILES string of the molecule is COCCNCCN(C)C(C)=O. The Kier molecular flexibility index (Phi) is 6.70. The Morgan fingerprint density at radius 1 is 1.50 bits per heavy atom. The van der Waals surface area contributed by atoms with Gasteiger partial charge in [0, 0.05) is 40.7 Å². The number of likely N-dealkylation sites (N-methyl/N-ethyl adjacent to an activating group) is 1. The van der Waals surface area contributed by atoms with Crippen molar-refractivity contribution in [2.75, 3.05) is 40.4 Å². The van der Waals surface area contributed by atoms with Crippen molar-refractivity contribution >= 4 is 5.91 Å². The molecule has 0 spiro atoms. The molecule has 0 rings (SSSR count). The van der Waals surface area contributed by atoms with Gasteiger partial charge in [0.2, 0.25) is 5.91 Å². The van der Waals surface area contributed by atoms with Crippen LogP contribution in [0.4, 0.5) is 0 Å². The lowest BCUT2D eigenvalue weighted by Gasteiger charge is -2.14. The fourth-order valence-electron chi connectivity index (χ4n) is 0.703. The molecular weight excluding hydrogens is 156 g/mol. The fraction of sp³-hybridized carbons (Fsp3) is 0.875. The molecule has 0 aliphatic heterocycles. The van der Waals surface area contributed by atoms with Crippen molar-refractivity contribution < 1.29 is 9.53 Å². The molecule has 0 aromatic rings. The standard InChI is InChI=1S/C8H18N2O2/c1-8(11)10(2)6-4-9-5-7-12-3/h9H,4-7H2,1-3H3. The summed E-state index contributed by atoms with van der Waals surface area (Å²) in [6.45, 7) is 4.68. The number of carbonyl (C=O) groups excluding carboxylic acids is 1. The topological polar surface area (TPSA) is 41.6 Å². The molecule has 0 aromatic heterocycles. The van der Waals surface area contributed by atoms with E-state index >= 15 is 0 Å². The second-order valence-electron chi connectivity index (χ2n) is 2.68. The highest BCUT2D eigenvalue weighted by Crippen LogP contribution is 1.80. The quantitative estimate of drug-likeness (QED) is 0.562. The second kappa shape index (κ2) is 7.06.